The van der Waals surface area contributed by atoms with Crippen LogP contribution in [0.25, 0.3) is 0 Å². The third kappa shape index (κ3) is 3.79. The van der Waals surface area contributed by atoms with Crippen LogP contribution in [0.4, 0.5) is 0 Å². The van der Waals surface area contributed by atoms with Gasteiger partial charge in [0.05, 0.1) is 0 Å². The summed E-state index contributed by atoms with van der Waals surface area (Å²) in [7, 11) is 9.62. The maximum atomic E-state index is 2.44. The lowest BCUT2D eigenvalue weighted by molar-refractivity contribution is 0.375. The second-order valence-corrected chi connectivity index (χ2v) is 5.45. The van der Waals surface area contributed by atoms with Crippen molar-refractivity contribution in [2.45, 2.75) is 51.0 Å². The van der Waals surface area contributed by atoms with Crippen LogP contribution in [0.3, 0.4) is 0 Å². The van der Waals surface area contributed by atoms with Crippen LogP contribution in [0.2, 0.25) is 23.8 Å². The van der Waals surface area contributed by atoms with Gasteiger partial charge in [-0.1, -0.05) is 62.8 Å². The predicted molar refractivity (Wildman–Crippen MR) is 78.9 cm³/mol. The smallest absolute Gasteiger partial charge is 0.0850 e. The molecule has 0 radical (unpaired) electrons. The topological polar surface area (TPSA) is 0 Å². The van der Waals surface area contributed by atoms with Crippen molar-refractivity contribution in [1.82, 2.24) is 0 Å². The van der Waals surface area contributed by atoms with Gasteiger partial charge < -0.3 is 0 Å². The fourth-order valence-electron chi connectivity index (χ4n) is 2.59. The SMILES string of the molecule is BCC(B)C(C(B)CC)C(B)C(C)C. The van der Waals surface area contributed by atoms with E-state index < -0.39 is 0 Å². The Balaban J connectivity index is 4.53. The summed E-state index contributed by atoms with van der Waals surface area (Å²) in [6, 6.07) is 0. The molecule has 0 aromatic rings. The Morgan fingerprint density at radius 1 is 1.00 bits per heavy atom. The lowest BCUT2D eigenvalue weighted by Gasteiger charge is -2.36. The average molecular weight is 190 g/mol. The van der Waals surface area contributed by atoms with Crippen LogP contribution in [0.15, 0.2) is 0 Å². The van der Waals surface area contributed by atoms with E-state index in [1.54, 1.807) is 0 Å². The van der Waals surface area contributed by atoms with Gasteiger partial charge in [-0.3, -0.25) is 0 Å². The third-order valence-electron chi connectivity index (χ3n) is 4.26. The van der Waals surface area contributed by atoms with Crippen LogP contribution >= 0.6 is 0 Å². The summed E-state index contributed by atoms with van der Waals surface area (Å²) in [5.41, 5.74) is 0. The Kier molecular flexibility index (Phi) is 6.81. The first-order valence-corrected chi connectivity index (χ1v) is 6.45. The van der Waals surface area contributed by atoms with Crippen molar-refractivity contribution >= 4 is 31.4 Å². The van der Waals surface area contributed by atoms with Crippen molar-refractivity contribution in [1.29, 1.82) is 0 Å². The number of rotatable bonds is 6. The summed E-state index contributed by atoms with van der Waals surface area (Å²) in [5, 5.41) is 0. The summed E-state index contributed by atoms with van der Waals surface area (Å²) in [4.78, 5) is 0. The third-order valence-corrected chi connectivity index (χ3v) is 4.26. The molecule has 0 aliphatic rings. The minimum absolute atomic E-state index is 0.822. The normalized spacial score (nSPS) is 20.3. The van der Waals surface area contributed by atoms with Gasteiger partial charge in [0.1, 0.15) is 31.4 Å². The van der Waals surface area contributed by atoms with Gasteiger partial charge in [-0.25, -0.2) is 0 Å². The summed E-state index contributed by atoms with van der Waals surface area (Å²) in [6.07, 6.45) is 2.65. The van der Waals surface area contributed by atoms with Crippen LogP contribution in [0.5, 0.6) is 0 Å². The molecule has 0 amide bonds. The lowest BCUT2D eigenvalue weighted by atomic mass is 9.51. The monoisotopic (exact) mass is 190 g/mol. The number of hydrogen-bond donors (Lipinski definition) is 0. The molecule has 0 heterocycles. The van der Waals surface area contributed by atoms with Gasteiger partial charge in [-0.2, -0.15) is 0 Å². The van der Waals surface area contributed by atoms with Crippen molar-refractivity contribution in [2.75, 3.05) is 0 Å². The highest BCUT2D eigenvalue weighted by molar-refractivity contribution is 6.21. The lowest BCUT2D eigenvalue weighted by Crippen LogP contribution is -2.24. The molecule has 0 aliphatic heterocycles. The molecule has 0 spiro atoms. The minimum atomic E-state index is 0.822. The molecule has 4 heteroatoms. The number of hydrogen-bond acceptors (Lipinski definition) is 0. The fraction of sp³-hybridized carbons (Fsp3) is 1.00. The van der Waals surface area contributed by atoms with Crippen molar-refractivity contribution in [3.8, 4) is 0 Å². The minimum Gasteiger partial charge on any atom is -0.0850 e. The van der Waals surface area contributed by atoms with E-state index in [0.29, 0.717) is 0 Å². The van der Waals surface area contributed by atoms with E-state index in [-0.39, 0.29) is 0 Å². The molecule has 4 unspecified atom stereocenters. The van der Waals surface area contributed by atoms with Crippen molar-refractivity contribution < 1.29 is 0 Å². The molecule has 0 rings (SSSR count). The Hall–Kier alpha value is 0.260. The van der Waals surface area contributed by atoms with Crippen molar-refractivity contribution in [3.63, 3.8) is 0 Å². The van der Waals surface area contributed by atoms with E-state index in [1.165, 1.54) is 12.7 Å². The van der Waals surface area contributed by atoms with E-state index in [2.05, 4.69) is 52.2 Å². The van der Waals surface area contributed by atoms with Crippen LogP contribution in [-0.4, -0.2) is 31.4 Å². The molecule has 4 atom stereocenters. The molecule has 0 saturated heterocycles. The molecule has 0 aromatic carbocycles. The summed E-state index contributed by atoms with van der Waals surface area (Å²) < 4.78 is 0. The molecule has 0 saturated carbocycles. The molecule has 0 nitrogen and oxygen atoms in total. The zero-order valence-electron chi connectivity index (χ0n) is 11.3. The highest BCUT2D eigenvalue weighted by atomic mass is 14.3. The Labute approximate surface area is 94.6 Å². The van der Waals surface area contributed by atoms with E-state index in [4.69, 9.17) is 0 Å². The van der Waals surface area contributed by atoms with Gasteiger partial charge >= 0.3 is 0 Å². The Morgan fingerprint density at radius 3 is 1.79 bits per heavy atom. The van der Waals surface area contributed by atoms with E-state index in [9.17, 15) is 0 Å². The molecule has 0 fully saturated rings. The van der Waals surface area contributed by atoms with E-state index in [0.717, 1.165) is 29.3 Å². The van der Waals surface area contributed by atoms with Crippen LogP contribution in [0, 0.1) is 11.8 Å². The first-order valence-electron chi connectivity index (χ1n) is 6.45. The Bertz CT molecular complexity index is 139. The highest BCUT2D eigenvalue weighted by Crippen LogP contribution is 2.41. The largest absolute Gasteiger partial charge is 0.106 e. The molecule has 14 heavy (non-hydrogen) atoms. The summed E-state index contributed by atoms with van der Waals surface area (Å²) >= 11 is 0. The molecule has 0 bridgehead atoms. The van der Waals surface area contributed by atoms with E-state index in [1.807, 2.05) is 0 Å². The van der Waals surface area contributed by atoms with Crippen LogP contribution in [-0.2, 0) is 0 Å². The van der Waals surface area contributed by atoms with Crippen molar-refractivity contribution in [3.05, 3.63) is 0 Å². The highest BCUT2D eigenvalue weighted by Gasteiger charge is 2.28. The fourth-order valence-corrected chi connectivity index (χ4v) is 2.59. The first kappa shape index (κ1) is 14.3. The maximum absolute atomic E-state index is 2.44. The first-order chi connectivity index (χ1) is 6.45. The standard InChI is InChI=1S/C10H26B4/c1-4-7(12)9(8(13)5-11)10(14)6(2)3/h6-10H,4-5,11-14H2,1-3H3. The van der Waals surface area contributed by atoms with E-state index >= 15 is 0 Å². The summed E-state index contributed by atoms with van der Waals surface area (Å²) in [5.74, 6) is 4.34. The van der Waals surface area contributed by atoms with Gasteiger partial charge in [0.2, 0.25) is 0 Å². The maximum Gasteiger partial charge on any atom is 0.106 e. The van der Waals surface area contributed by atoms with Crippen LogP contribution < -0.4 is 0 Å². The quantitative estimate of drug-likeness (QED) is 0.516. The predicted octanol–water partition coefficient (Wildman–Crippen LogP) is -0.0152. The van der Waals surface area contributed by atoms with Gasteiger partial charge in [0.15, 0.2) is 0 Å². The zero-order valence-corrected chi connectivity index (χ0v) is 11.3. The van der Waals surface area contributed by atoms with Crippen LogP contribution in [0.1, 0.15) is 27.2 Å². The second kappa shape index (κ2) is 6.69. The zero-order chi connectivity index (χ0) is 11.3. The molecular weight excluding hydrogens is 163 g/mol. The summed E-state index contributed by atoms with van der Waals surface area (Å²) in [6.45, 7) is 7.05. The van der Waals surface area contributed by atoms with Gasteiger partial charge in [0.25, 0.3) is 0 Å². The Morgan fingerprint density at radius 2 is 1.50 bits per heavy atom. The molecule has 0 aliphatic carbocycles. The molecule has 78 valence electrons. The second-order valence-electron chi connectivity index (χ2n) is 5.45. The molecule has 0 aromatic heterocycles. The molecular formula is C10H26B4. The molecule has 0 N–H and O–H groups in total. The van der Waals surface area contributed by atoms with Gasteiger partial charge in [-0.05, 0) is 0 Å². The average Bonchev–Trinajstić information content (AvgIpc) is 2.16. The van der Waals surface area contributed by atoms with Gasteiger partial charge in [0, 0.05) is 0 Å². The van der Waals surface area contributed by atoms with Gasteiger partial charge in [-0.15, -0.1) is 0 Å². The van der Waals surface area contributed by atoms with Crippen molar-refractivity contribution in [2.24, 2.45) is 11.8 Å².